The Bertz CT molecular complexity index is 1170. The molecule has 1 aliphatic heterocycles. The fourth-order valence-corrected chi connectivity index (χ4v) is 4.48. The first-order valence-corrected chi connectivity index (χ1v) is 12.3. The fourth-order valence-electron chi connectivity index (χ4n) is 4.48. The summed E-state index contributed by atoms with van der Waals surface area (Å²) in [6, 6.07) is 18.8. The maximum atomic E-state index is 14.4. The zero-order valence-corrected chi connectivity index (χ0v) is 21.4. The van der Waals surface area contributed by atoms with Crippen LogP contribution in [-0.4, -0.2) is 47.8 Å². The number of rotatable bonds is 6. The number of hydrogen-bond acceptors (Lipinski definition) is 5. The number of ether oxygens (including phenoxy) is 2. The van der Waals surface area contributed by atoms with Gasteiger partial charge < -0.3 is 19.3 Å². The summed E-state index contributed by atoms with van der Waals surface area (Å²) in [6.07, 6.45) is 3.10. The van der Waals surface area contributed by atoms with Crippen molar-refractivity contribution in [2.75, 3.05) is 25.1 Å². The first kappa shape index (κ1) is 25.5. The molecule has 0 saturated carbocycles. The minimum atomic E-state index is -0.514. The van der Waals surface area contributed by atoms with Crippen molar-refractivity contribution in [3.05, 3.63) is 78.2 Å². The summed E-state index contributed by atoms with van der Waals surface area (Å²) in [4.78, 5) is 21.1. The molecule has 0 N–H and O–H groups in total. The van der Waals surface area contributed by atoms with E-state index in [1.54, 1.807) is 30.3 Å². The van der Waals surface area contributed by atoms with E-state index in [4.69, 9.17) is 9.47 Å². The van der Waals surface area contributed by atoms with Crippen molar-refractivity contribution >= 4 is 11.8 Å². The van der Waals surface area contributed by atoms with Crippen LogP contribution in [0.1, 0.15) is 39.2 Å². The maximum Gasteiger partial charge on any atom is 0.410 e. The summed E-state index contributed by atoms with van der Waals surface area (Å²) >= 11 is 0. The van der Waals surface area contributed by atoms with Gasteiger partial charge in [0.2, 0.25) is 0 Å². The van der Waals surface area contributed by atoms with Gasteiger partial charge in [0.05, 0.1) is 12.8 Å². The van der Waals surface area contributed by atoms with Crippen molar-refractivity contribution in [3.8, 4) is 17.0 Å². The second-order valence-electron chi connectivity index (χ2n) is 10.1. The molecule has 2 aromatic carbocycles. The predicted molar refractivity (Wildman–Crippen MR) is 140 cm³/mol. The highest BCUT2D eigenvalue weighted by Crippen LogP contribution is 2.29. The third-order valence-electron chi connectivity index (χ3n) is 6.29. The van der Waals surface area contributed by atoms with Gasteiger partial charge in [-0.25, -0.2) is 9.18 Å². The molecule has 1 saturated heterocycles. The number of nitrogens with zero attached hydrogens (tertiary/aromatic N) is 3. The smallest absolute Gasteiger partial charge is 0.410 e. The molecule has 36 heavy (non-hydrogen) atoms. The third-order valence-corrected chi connectivity index (χ3v) is 6.29. The van der Waals surface area contributed by atoms with Crippen LogP contribution in [-0.2, 0) is 11.3 Å². The molecule has 2 heterocycles. The lowest BCUT2D eigenvalue weighted by Crippen LogP contribution is -2.48. The number of methoxy groups -OCH3 is 1. The van der Waals surface area contributed by atoms with Gasteiger partial charge >= 0.3 is 6.09 Å². The van der Waals surface area contributed by atoms with Gasteiger partial charge in [0.1, 0.15) is 17.2 Å². The van der Waals surface area contributed by atoms with Gasteiger partial charge in [-0.05, 0) is 87.7 Å². The molecule has 0 spiro atoms. The molecule has 1 fully saturated rings. The molecule has 1 amide bonds. The number of carbonyl (C=O) groups excluding carboxylic acids is 1. The number of likely N-dealkylation sites (tertiary alicyclic amines) is 1. The number of anilines is 1. The number of hydrogen-bond donors (Lipinski definition) is 0. The van der Waals surface area contributed by atoms with Gasteiger partial charge in [0, 0.05) is 43.1 Å². The Balaban J connectivity index is 1.55. The van der Waals surface area contributed by atoms with Gasteiger partial charge in [0.15, 0.2) is 0 Å². The molecule has 3 aromatic rings. The van der Waals surface area contributed by atoms with Crippen LogP contribution < -0.4 is 9.64 Å². The van der Waals surface area contributed by atoms with E-state index in [1.165, 1.54) is 6.07 Å². The topological polar surface area (TPSA) is 54.9 Å². The molecule has 7 heteroatoms. The molecule has 6 nitrogen and oxygen atoms in total. The molecular weight excluding hydrogens is 457 g/mol. The average molecular weight is 492 g/mol. The lowest BCUT2D eigenvalue weighted by atomic mass is 10.0. The number of benzene rings is 2. The Morgan fingerprint density at radius 1 is 1.08 bits per heavy atom. The summed E-state index contributed by atoms with van der Waals surface area (Å²) < 4.78 is 25.3. The molecule has 0 atom stereocenters. The summed E-state index contributed by atoms with van der Waals surface area (Å²) in [5.74, 6) is 0.507. The van der Waals surface area contributed by atoms with E-state index in [0.29, 0.717) is 30.9 Å². The zero-order chi connectivity index (χ0) is 25.7. The van der Waals surface area contributed by atoms with E-state index >= 15 is 0 Å². The molecule has 0 unspecified atom stereocenters. The highest BCUT2D eigenvalue weighted by atomic mass is 19.1. The normalized spacial score (nSPS) is 14.4. The largest absolute Gasteiger partial charge is 0.497 e. The van der Waals surface area contributed by atoms with Crippen LogP contribution in [0.2, 0.25) is 0 Å². The van der Waals surface area contributed by atoms with Crippen molar-refractivity contribution in [2.24, 2.45) is 0 Å². The first-order chi connectivity index (χ1) is 17.2. The van der Waals surface area contributed by atoms with Gasteiger partial charge in [-0.15, -0.1) is 0 Å². The van der Waals surface area contributed by atoms with Crippen LogP contribution in [0.15, 0.2) is 66.9 Å². The van der Waals surface area contributed by atoms with Crippen molar-refractivity contribution in [1.29, 1.82) is 0 Å². The minimum absolute atomic E-state index is 0.224. The van der Waals surface area contributed by atoms with Crippen molar-refractivity contribution < 1.29 is 18.7 Å². The summed E-state index contributed by atoms with van der Waals surface area (Å²) in [5, 5.41) is 0. The van der Waals surface area contributed by atoms with E-state index in [0.717, 1.165) is 29.8 Å². The summed E-state index contributed by atoms with van der Waals surface area (Å²) in [5.41, 5.74) is 2.69. The molecule has 0 bridgehead atoms. The third kappa shape index (κ3) is 6.33. The van der Waals surface area contributed by atoms with Crippen LogP contribution >= 0.6 is 0 Å². The Hall–Kier alpha value is -3.61. The van der Waals surface area contributed by atoms with Gasteiger partial charge in [-0.1, -0.05) is 12.1 Å². The lowest BCUT2D eigenvalue weighted by molar-refractivity contribution is 0.0204. The van der Waals surface area contributed by atoms with Crippen LogP contribution in [0.4, 0.5) is 14.9 Å². The molecule has 190 valence electrons. The second kappa shape index (κ2) is 11.0. The van der Waals surface area contributed by atoms with Gasteiger partial charge in [-0.2, -0.15) is 0 Å². The number of amides is 1. The van der Waals surface area contributed by atoms with Crippen molar-refractivity contribution in [3.63, 3.8) is 0 Å². The maximum absolute atomic E-state index is 14.4. The standard InChI is InChI=1S/C29H34FN3O3/c1-29(2,3)36-28(34)32-17-14-23(15-18-32)33(22-9-11-24(35-4)12-10-22)20-21-13-16-31-27(19-21)25-7-5-6-8-26(25)30/h5-13,16,19,23H,14-15,17-18,20H2,1-4H3. The predicted octanol–water partition coefficient (Wildman–Crippen LogP) is 6.30. The van der Waals surface area contributed by atoms with Crippen LogP contribution in [0, 0.1) is 5.82 Å². The number of halogens is 1. The first-order valence-electron chi connectivity index (χ1n) is 12.3. The SMILES string of the molecule is COc1ccc(N(Cc2ccnc(-c3ccccc3F)c2)C2CCN(C(=O)OC(C)(C)C)CC2)cc1. The van der Waals surface area contributed by atoms with Crippen LogP contribution in [0.5, 0.6) is 5.75 Å². The van der Waals surface area contributed by atoms with Crippen LogP contribution in [0.3, 0.4) is 0 Å². The van der Waals surface area contributed by atoms with Gasteiger partial charge in [-0.3, -0.25) is 4.98 Å². The van der Waals surface area contributed by atoms with Gasteiger partial charge in [0.25, 0.3) is 0 Å². The summed E-state index contributed by atoms with van der Waals surface area (Å²) in [7, 11) is 1.65. The van der Waals surface area contributed by atoms with E-state index in [-0.39, 0.29) is 18.0 Å². The second-order valence-corrected chi connectivity index (χ2v) is 10.1. The molecule has 0 radical (unpaired) electrons. The van der Waals surface area contributed by atoms with Crippen molar-refractivity contribution in [1.82, 2.24) is 9.88 Å². The fraction of sp³-hybridized carbons (Fsp3) is 0.379. The molecule has 4 rings (SSSR count). The van der Waals surface area contributed by atoms with Crippen LogP contribution in [0.25, 0.3) is 11.3 Å². The Kier molecular flexibility index (Phi) is 7.77. The Morgan fingerprint density at radius 3 is 2.42 bits per heavy atom. The Morgan fingerprint density at radius 2 is 1.78 bits per heavy atom. The summed E-state index contributed by atoms with van der Waals surface area (Å²) in [6.45, 7) is 7.54. The average Bonchev–Trinajstić information content (AvgIpc) is 2.87. The molecular formula is C29H34FN3O3. The monoisotopic (exact) mass is 491 g/mol. The lowest BCUT2D eigenvalue weighted by Gasteiger charge is -2.40. The van der Waals surface area contributed by atoms with E-state index in [2.05, 4.69) is 22.0 Å². The molecule has 0 aliphatic carbocycles. The minimum Gasteiger partial charge on any atom is -0.497 e. The highest BCUT2D eigenvalue weighted by molar-refractivity contribution is 5.68. The Labute approximate surface area is 212 Å². The number of carbonyl (C=O) groups is 1. The van der Waals surface area contributed by atoms with E-state index in [1.807, 2.05) is 51.1 Å². The number of pyridine rings is 1. The number of piperidine rings is 1. The molecule has 1 aromatic heterocycles. The number of aromatic nitrogens is 1. The zero-order valence-electron chi connectivity index (χ0n) is 21.4. The van der Waals surface area contributed by atoms with E-state index in [9.17, 15) is 9.18 Å². The van der Waals surface area contributed by atoms with E-state index < -0.39 is 5.60 Å². The molecule has 1 aliphatic rings. The van der Waals surface area contributed by atoms with Crippen molar-refractivity contribution in [2.45, 2.75) is 51.8 Å². The quantitative estimate of drug-likeness (QED) is 0.405. The highest BCUT2D eigenvalue weighted by Gasteiger charge is 2.30.